The van der Waals surface area contributed by atoms with E-state index in [9.17, 15) is 26.3 Å². The van der Waals surface area contributed by atoms with Crippen LogP contribution < -0.4 is 4.74 Å². The second-order valence-electron chi connectivity index (χ2n) is 3.16. The number of rotatable bonds is 2. The van der Waals surface area contributed by atoms with Gasteiger partial charge < -0.3 is 4.74 Å². The second kappa shape index (κ2) is 4.90. The standard InChI is InChI=1S/C8H5BrF6N2O/c1-3-16-4(9)2-5(17-3)18-6(7(10,11)12)8(13,14)15/h2,6H,1H3. The summed E-state index contributed by atoms with van der Waals surface area (Å²) in [7, 11) is 0. The van der Waals surface area contributed by atoms with E-state index in [2.05, 4.69) is 30.6 Å². The van der Waals surface area contributed by atoms with E-state index in [1.165, 1.54) is 6.92 Å². The number of alkyl halides is 6. The number of ether oxygens (including phenoxy) is 1. The highest BCUT2D eigenvalue weighted by Gasteiger charge is 2.59. The van der Waals surface area contributed by atoms with E-state index < -0.39 is 24.3 Å². The Balaban J connectivity index is 3.04. The molecule has 10 heteroatoms. The van der Waals surface area contributed by atoms with Gasteiger partial charge in [-0.25, -0.2) is 4.98 Å². The fourth-order valence-electron chi connectivity index (χ4n) is 1.01. The van der Waals surface area contributed by atoms with Crippen molar-refractivity contribution in [2.45, 2.75) is 25.4 Å². The van der Waals surface area contributed by atoms with E-state index in [0.717, 1.165) is 6.07 Å². The lowest BCUT2D eigenvalue weighted by Crippen LogP contribution is -2.46. The molecule has 102 valence electrons. The molecule has 0 aliphatic rings. The van der Waals surface area contributed by atoms with Crippen molar-refractivity contribution in [1.29, 1.82) is 0 Å². The van der Waals surface area contributed by atoms with Gasteiger partial charge in [0.15, 0.2) is 0 Å². The molecule has 0 bridgehead atoms. The highest BCUT2D eigenvalue weighted by Crippen LogP contribution is 2.36. The molecule has 0 radical (unpaired) electrons. The molecule has 0 fully saturated rings. The fourth-order valence-corrected chi connectivity index (χ4v) is 1.46. The summed E-state index contributed by atoms with van der Waals surface area (Å²) in [5.74, 6) is -0.837. The molecule has 0 atom stereocenters. The van der Waals surface area contributed by atoms with Crippen LogP contribution in [0.25, 0.3) is 0 Å². The van der Waals surface area contributed by atoms with Crippen molar-refractivity contribution >= 4 is 15.9 Å². The summed E-state index contributed by atoms with van der Waals surface area (Å²) >= 11 is 2.81. The first-order valence-electron chi connectivity index (χ1n) is 4.31. The van der Waals surface area contributed by atoms with E-state index in [1.807, 2.05) is 0 Å². The van der Waals surface area contributed by atoms with Gasteiger partial charge in [0, 0.05) is 6.07 Å². The molecule has 3 nitrogen and oxygen atoms in total. The smallest absolute Gasteiger partial charge is 0.434 e. The number of aryl methyl sites for hydroxylation is 1. The first-order valence-corrected chi connectivity index (χ1v) is 5.10. The van der Waals surface area contributed by atoms with E-state index in [4.69, 9.17) is 0 Å². The molecule has 0 aliphatic heterocycles. The van der Waals surface area contributed by atoms with Crippen LogP contribution in [0.4, 0.5) is 26.3 Å². The minimum absolute atomic E-state index is 0.0214. The van der Waals surface area contributed by atoms with Crippen LogP contribution in [-0.4, -0.2) is 28.4 Å². The van der Waals surface area contributed by atoms with Crippen molar-refractivity contribution < 1.29 is 31.1 Å². The lowest BCUT2D eigenvalue weighted by Gasteiger charge is -2.23. The number of nitrogens with zero attached hydrogens (tertiary/aromatic N) is 2. The maximum Gasteiger partial charge on any atom is 0.434 e. The Morgan fingerprint density at radius 2 is 1.61 bits per heavy atom. The van der Waals surface area contributed by atoms with Crippen molar-refractivity contribution in [3.63, 3.8) is 0 Å². The fraction of sp³-hybridized carbons (Fsp3) is 0.500. The Hall–Kier alpha value is -1.06. The van der Waals surface area contributed by atoms with Gasteiger partial charge in [-0.1, -0.05) is 0 Å². The largest absolute Gasteiger partial charge is 0.455 e. The van der Waals surface area contributed by atoms with Crippen molar-refractivity contribution in [2.24, 2.45) is 0 Å². The molecule has 1 rings (SSSR count). The summed E-state index contributed by atoms with van der Waals surface area (Å²) in [6, 6.07) is 0.817. The minimum atomic E-state index is -5.58. The number of halogens is 7. The maximum absolute atomic E-state index is 12.2. The third kappa shape index (κ3) is 4.00. The predicted octanol–water partition coefficient (Wildman–Crippen LogP) is 3.42. The molecular formula is C8H5BrF6N2O. The van der Waals surface area contributed by atoms with Crippen molar-refractivity contribution in [3.8, 4) is 5.88 Å². The first kappa shape index (κ1) is 15.0. The monoisotopic (exact) mass is 338 g/mol. The van der Waals surface area contributed by atoms with Gasteiger partial charge in [0.1, 0.15) is 10.4 Å². The van der Waals surface area contributed by atoms with Crippen LogP contribution in [0.2, 0.25) is 0 Å². The highest BCUT2D eigenvalue weighted by molar-refractivity contribution is 9.10. The van der Waals surface area contributed by atoms with Crippen LogP contribution in [0.15, 0.2) is 10.7 Å². The summed E-state index contributed by atoms with van der Waals surface area (Å²) in [5, 5.41) is 0. The van der Waals surface area contributed by atoms with E-state index in [1.54, 1.807) is 0 Å². The molecule has 1 heterocycles. The molecule has 0 aliphatic carbocycles. The molecule has 0 amide bonds. The topological polar surface area (TPSA) is 35.0 Å². The number of aromatic nitrogens is 2. The van der Waals surface area contributed by atoms with Crippen LogP contribution in [0.5, 0.6) is 5.88 Å². The lowest BCUT2D eigenvalue weighted by atomic mass is 10.3. The normalized spacial score (nSPS) is 12.9. The average molecular weight is 339 g/mol. The molecule has 0 unspecified atom stereocenters. The van der Waals surface area contributed by atoms with Crippen molar-refractivity contribution in [1.82, 2.24) is 9.97 Å². The summed E-state index contributed by atoms with van der Waals surface area (Å²) in [6.07, 6.45) is -15.1. The van der Waals surface area contributed by atoms with Crippen LogP contribution in [0.3, 0.4) is 0 Å². The van der Waals surface area contributed by atoms with Gasteiger partial charge in [-0.05, 0) is 22.9 Å². The van der Waals surface area contributed by atoms with E-state index in [0.29, 0.717) is 0 Å². The van der Waals surface area contributed by atoms with Crippen LogP contribution in [0.1, 0.15) is 5.82 Å². The molecule has 1 aromatic rings. The molecule has 1 aromatic heterocycles. The van der Waals surface area contributed by atoms with Gasteiger partial charge in [0.25, 0.3) is 6.10 Å². The van der Waals surface area contributed by atoms with Gasteiger partial charge >= 0.3 is 12.4 Å². The summed E-state index contributed by atoms with van der Waals surface area (Å²) < 4.78 is 77.1. The third-order valence-electron chi connectivity index (χ3n) is 1.62. The first-order chi connectivity index (χ1) is 8.00. The Labute approximate surface area is 105 Å². The second-order valence-corrected chi connectivity index (χ2v) is 3.97. The van der Waals surface area contributed by atoms with Crippen LogP contribution in [0, 0.1) is 6.92 Å². The van der Waals surface area contributed by atoms with Gasteiger partial charge in [-0.2, -0.15) is 31.3 Å². The summed E-state index contributed by atoms with van der Waals surface area (Å²) in [6.45, 7) is 1.30. The van der Waals surface area contributed by atoms with Crippen LogP contribution >= 0.6 is 15.9 Å². The molecule has 0 saturated carbocycles. The summed E-state index contributed by atoms with van der Waals surface area (Å²) in [4.78, 5) is 6.97. The molecule has 0 N–H and O–H groups in total. The zero-order valence-electron chi connectivity index (χ0n) is 8.60. The Kier molecular flexibility index (Phi) is 4.08. The zero-order valence-corrected chi connectivity index (χ0v) is 10.2. The molecule has 0 spiro atoms. The predicted molar refractivity (Wildman–Crippen MR) is 51.0 cm³/mol. The number of hydrogen-bond donors (Lipinski definition) is 0. The molecule has 18 heavy (non-hydrogen) atoms. The molecule has 0 aromatic carbocycles. The SMILES string of the molecule is Cc1nc(Br)cc(OC(C(F)(F)F)C(F)(F)F)n1. The van der Waals surface area contributed by atoms with Crippen molar-refractivity contribution in [2.75, 3.05) is 0 Å². The van der Waals surface area contributed by atoms with Gasteiger partial charge in [-0.15, -0.1) is 0 Å². The maximum atomic E-state index is 12.2. The highest BCUT2D eigenvalue weighted by atomic mass is 79.9. The summed E-state index contributed by atoms with van der Waals surface area (Å²) in [5.41, 5.74) is 0. The molecular weight excluding hydrogens is 334 g/mol. The van der Waals surface area contributed by atoms with Crippen LogP contribution in [-0.2, 0) is 0 Å². The minimum Gasteiger partial charge on any atom is -0.455 e. The Morgan fingerprint density at radius 3 is 2.00 bits per heavy atom. The Bertz CT molecular complexity index is 398. The third-order valence-corrected chi connectivity index (χ3v) is 2.02. The Morgan fingerprint density at radius 1 is 1.11 bits per heavy atom. The van der Waals surface area contributed by atoms with Crippen molar-refractivity contribution in [3.05, 3.63) is 16.5 Å². The van der Waals surface area contributed by atoms with Gasteiger partial charge in [0.05, 0.1) is 0 Å². The lowest BCUT2D eigenvalue weighted by molar-refractivity contribution is -0.300. The number of hydrogen-bond acceptors (Lipinski definition) is 3. The molecule has 0 saturated heterocycles. The van der Waals surface area contributed by atoms with E-state index in [-0.39, 0.29) is 10.4 Å². The van der Waals surface area contributed by atoms with E-state index >= 15 is 0 Å². The van der Waals surface area contributed by atoms with Gasteiger partial charge in [-0.3, -0.25) is 0 Å². The van der Waals surface area contributed by atoms with Gasteiger partial charge in [0.2, 0.25) is 5.88 Å². The quantitative estimate of drug-likeness (QED) is 0.612. The average Bonchev–Trinajstić information content (AvgIpc) is 2.08. The zero-order chi connectivity index (χ0) is 14.1.